The average Bonchev–Trinajstić information content (AvgIpc) is 3.24. The molecule has 7 nitrogen and oxygen atoms in total. The van der Waals surface area contributed by atoms with Crippen LogP contribution in [0.5, 0.6) is 11.5 Å². The monoisotopic (exact) mass is 380 g/mol. The normalized spacial score (nSPS) is 11.4. The number of methoxy groups -OCH3 is 1. The lowest BCUT2D eigenvalue weighted by Crippen LogP contribution is -2.30. The van der Waals surface area contributed by atoms with E-state index in [1.165, 1.54) is 13.4 Å². The molecule has 2 amide bonds. The molecule has 0 saturated heterocycles. The molecule has 0 aliphatic heterocycles. The average molecular weight is 380 g/mol. The van der Waals surface area contributed by atoms with E-state index in [1.54, 1.807) is 49.4 Å². The van der Waals surface area contributed by atoms with Crippen molar-refractivity contribution in [2.45, 2.75) is 13.0 Å². The van der Waals surface area contributed by atoms with Crippen LogP contribution in [-0.4, -0.2) is 25.0 Å². The van der Waals surface area contributed by atoms with Gasteiger partial charge in [0.15, 0.2) is 11.9 Å². The predicted molar refractivity (Wildman–Crippen MR) is 105 cm³/mol. The summed E-state index contributed by atoms with van der Waals surface area (Å²) >= 11 is 0. The Morgan fingerprint density at radius 2 is 1.79 bits per heavy atom. The number of nitrogens with one attached hydrogen (secondary N) is 2. The van der Waals surface area contributed by atoms with Crippen LogP contribution in [0.3, 0.4) is 0 Å². The molecule has 0 radical (unpaired) electrons. The lowest BCUT2D eigenvalue weighted by molar-refractivity contribution is -0.122. The molecule has 3 aromatic rings. The van der Waals surface area contributed by atoms with E-state index in [2.05, 4.69) is 10.6 Å². The summed E-state index contributed by atoms with van der Waals surface area (Å²) in [5.41, 5.74) is 0.891. The summed E-state index contributed by atoms with van der Waals surface area (Å²) in [6, 6.07) is 17.2. The van der Waals surface area contributed by atoms with Crippen molar-refractivity contribution in [1.29, 1.82) is 0 Å². The summed E-state index contributed by atoms with van der Waals surface area (Å²) in [5, 5.41) is 5.47. The van der Waals surface area contributed by atoms with Crippen molar-refractivity contribution >= 4 is 23.2 Å². The Morgan fingerprint density at radius 3 is 2.46 bits per heavy atom. The third-order valence-electron chi connectivity index (χ3n) is 3.89. The van der Waals surface area contributed by atoms with Gasteiger partial charge in [0, 0.05) is 5.69 Å². The van der Waals surface area contributed by atoms with Crippen molar-refractivity contribution in [3.05, 3.63) is 72.7 Å². The molecule has 0 fully saturated rings. The third-order valence-corrected chi connectivity index (χ3v) is 3.89. The Morgan fingerprint density at radius 1 is 1.00 bits per heavy atom. The second kappa shape index (κ2) is 8.77. The molecule has 0 aliphatic rings. The first-order chi connectivity index (χ1) is 13.6. The highest BCUT2D eigenvalue weighted by Crippen LogP contribution is 2.28. The van der Waals surface area contributed by atoms with Gasteiger partial charge in [0.05, 0.1) is 19.1 Å². The fourth-order valence-corrected chi connectivity index (χ4v) is 2.48. The highest BCUT2D eigenvalue weighted by Gasteiger charge is 2.17. The Bertz CT molecular complexity index is 939. The predicted octanol–water partition coefficient (Wildman–Crippen LogP) is 3.95. The summed E-state index contributed by atoms with van der Waals surface area (Å²) in [7, 11) is 1.49. The first-order valence-electron chi connectivity index (χ1n) is 8.62. The molecule has 3 rings (SSSR count). The Balaban J connectivity index is 1.70. The van der Waals surface area contributed by atoms with Crippen molar-refractivity contribution in [2.24, 2.45) is 0 Å². The van der Waals surface area contributed by atoms with E-state index in [-0.39, 0.29) is 11.7 Å². The van der Waals surface area contributed by atoms with Crippen LogP contribution in [0.2, 0.25) is 0 Å². The van der Waals surface area contributed by atoms with Crippen LogP contribution in [0, 0.1) is 0 Å². The van der Waals surface area contributed by atoms with Crippen molar-refractivity contribution in [2.75, 3.05) is 17.7 Å². The van der Waals surface area contributed by atoms with Crippen LogP contribution in [0.25, 0.3) is 0 Å². The standard InChI is InChI=1S/C21H20N2O5/c1-14(28-16-7-4-3-5-8-16)20(24)22-15-10-11-18(26-2)17(13-15)23-21(25)19-9-6-12-27-19/h3-14H,1-2H3,(H,22,24)(H,23,25)/t14-/m1/s1. The van der Waals surface area contributed by atoms with Crippen LogP contribution in [0.15, 0.2) is 71.3 Å². The zero-order chi connectivity index (χ0) is 19.9. The van der Waals surface area contributed by atoms with E-state index < -0.39 is 12.0 Å². The maximum atomic E-state index is 12.4. The van der Waals surface area contributed by atoms with Crippen molar-refractivity contribution in [3.63, 3.8) is 0 Å². The van der Waals surface area contributed by atoms with Gasteiger partial charge in [-0.05, 0) is 49.4 Å². The number of carbonyl (C=O) groups excluding carboxylic acids is 2. The van der Waals surface area contributed by atoms with Gasteiger partial charge in [-0.2, -0.15) is 0 Å². The maximum Gasteiger partial charge on any atom is 0.291 e. The number of hydrogen-bond donors (Lipinski definition) is 2. The van der Waals surface area contributed by atoms with Crippen molar-refractivity contribution in [1.82, 2.24) is 0 Å². The number of ether oxygens (including phenoxy) is 2. The number of benzene rings is 2. The highest BCUT2D eigenvalue weighted by atomic mass is 16.5. The van der Waals surface area contributed by atoms with Gasteiger partial charge in [-0.1, -0.05) is 18.2 Å². The molecule has 144 valence electrons. The minimum absolute atomic E-state index is 0.168. The minimum atomic E-state index is -0.703. The largest absolute Gasteiger partial charge is 0.495 e. The van der Waals surface area contributed by atoms with Gasteiger partial charge in [-0.25, -0.2) is 0 Å². The number of para-hydroxylation sites is 1. The van der Waals surface area contributed by atoms with E-state index in [9.17, 15) is 9.59 Å². The van der Waals surface area contributed by atoms with Crippen molar-refractivity contribution in [3.8, 4) is 11.5 Å². The zero-order valence-corrected chi connectivity index (χ0v) is 15.5. The first kappa shape index (κ1) is 19.0. The topological polar surface area (TPSA) is 89.8 Å². The van der Waals surface area contributed by atoms with Gasteiger partial charge < -0.3 is 24.5 Å². The SMILES string of the molecule is COc1ccc(NC(=O)[C@@H](C)Oc2ccccc2)cc1NC(=O)c1ccco1. The molecule has 2 N–H and O–H groups in total. The van der Waals surface area contributed by atoms with Gasteiger partial charge >= 0.3 is 0 Å². The van der Waals surface area contributed by atoms with Gasteiger partial charge in [0.25, 0.3) is 11.8 Å². The van der Waals surface area contributed by atoms with Gasteiger partial charge in [-0.15, -0.1) is 0 Å². The molecule has 1 heterocycles. The number of carbonyl (C=O) groups is 2. The molecule has 0 unspecified atom stereocenters. The fraction of sp³-hybridized carbons (Fsp3) is 0.143. The molecule has 1 atom stereocenters. The van der Waals surface area contributed by atoms with Gasteiger partial charge in [0.2, 0.25) is 0 Å². The second-order valence-corrected chi connectivity index (χ2v) is 5.91. The summed E-state index contributed by atoms with van der Waals surface area (Å²) in [4.78, 5) is 24.6. The van der Waals surface area contributed by atoms with E-state index in [0.29, 0.717) is 22.9 Å². The Labute approximate surface area is 162 Å². The number of amides is 2. The summed E-state index contributed by atoms with van der Waals surface area (Å²) in [6.45, 7) is 1.66. The first-order valence-corrected chi connectivity index (χ1v) is 8.62. The Kier molecular flexibility index (Phi) is 5.96. The summed E-state index contributed by atoms with van der Waals surface area (Å²) in [6.07, 6.45) is 0.711. The molecule has 0 aliphatic carbocycles. The van der Waals surface area contributed by atoms with E-state index in [1.807, 2.05) is 18.2 Å². The second-order valence-electron chi connectivity index (χ2n) is 5.91. The molecule has 1 aromatic heterocycles. The molecular formula is C21H20N2O5. The Hall–Kier alpha value is -3.74. The molecule has 0 bridgehead atoms. The lowest BCUT2D eigenvalue weighted by Gasteiger charge is -2.16. The van der Waals surface area contributed by atoms with Crippen LogP contribution in [0.4, 0.5) is 11.4 Å². The van der Waals surface area contributed by atoms with Crippen LogP contribution in [-0.2, 0) is 4.79 Å². The highest BCUT2D eigenvalue weighted by molar-refractivity contribution is 6.04. The zero-order valence-electron chi connectivity index (χ0n) is 15.5. The number of rotatable bonds is 7. The fourth-order valence-electron chi connectivity index (χ4n) is 2.48. The summed E-state index contributed by atoms with van der Waals surface area (Å²) < 4.78 is 16.0. The van der Waals surface area contributed by atoms with Gasteiger partial charge in [0.1, 0.15) is 11.5 Å². The quantitative estimate of drug-likeness (QED) is 0.648. The van der Waals surface area contributed by atoms with Crippen LogP contribution < -0.4 is 20.1 Å². The number of hydrogen-bond acceptors (Lipinski definition) is 5. The number of anilines is 2. The maximum absolute atomic E-state index is 12.4. The van der Waals surface area contributed by atoms with Crippen LogP contribution in [0.1, 0.15) is 17.5 Å². The summed E-state index contributed by atoms with van der Waals surface area (Å²) in [5.74, 6) is 0.476. The minimum Gasteiger partial charge on any atom is -0.495 e. The smallest absolute Gasteiger partial charge is 0.291 e. The third kappa shape index (κ3) is 4.70. The van der Waals surface area contributed by atoms with Crippen LogP contribution >= 0.6 is 0 Å². The van der Waals surface area contributed by atoms with E-state index in [4.69, 9.17) is 13.9 Å². The molecule has 7 heteroatoms. The van der Waals surface area contributed by atoms with Crippen molar-refractivity contribution < 1.29 is 23.5 Å². The van der Waals surface area contributed by atoms with E-state index in [0.717, 1.165) is 0 Å². The van der Waals surface area contributed by atoms with Gasteiger partial charge in [-0.3, -0.25) is 9.59 Å². The molecule has 0 spiro atoms. The molecule has 2 aromatic carbocycles. The number of furan rings is 1. The van der Waals surface area contributed by atoms with E-state index >= 15 is 0 Å². The molecule has 0 saturated carbocycles. The molecular weight excluding hydrogens is 360 g/mol. The lowest BCUT2D eigenvalue weighted by atomic mass is 10.2. The molecule has 28 heavy (non-hydrogen) atoms.